The Morgan fingerprint density at radius 2 is 1.87 bits per heavy atom. The summed E-state index contributed by atoms with van der Waals surface area (Å²) >= 11 is 1.06. The minimum absolute atomic E-state index is 0.173. The smallest absolute Gasteiger partial charge is 0.346 e. The highest BCUT2D eigenvalue weighted by molar-refractivity contribution is 7.21. The van der Waals surface area contributed by atoms with Gasteiger partial charge in [-0.2, -0.15) is 0 Å². The fraction of sp³-hybridized carbons (Fsp3) is 0.167. The lowest BCUT2D eigenvalue weighted by atomic mass is 9.94. The number of halogens is 2. The SMILES string of the molecule is O=C(O)c1sc2cc(F)ccc2c1-c1ccc(F)c2c1CCC2. The zero-order valence-electron chi connectivity index (χ0n) is 12.0. The molecule has 1 N–H and O–H groups in total. The van der Waals surface area contributed by atoms with E-state index in [1.807, 2.05) is 0 Å². The summed E-state index contributed by atoms with van der Waals surface area (Å²) in [4.78, 5) is 11.8. The number of carbonyl (C=O) groups is 1. The largest absolute Gasteiger partial charge is 0.477 e. The third-order valence-electron chi connectivity index (χ3n) is 4.34. The second-order valence-corrected chi connectivity index (χ2v) is 6.71. The van der Waals surface area contributed by atoms with Crippen LogP contribution in [0.2, 0.25) is 0 Å². The number of aromatic carboxylic acids is 1. The third-order valence-corrected chi connectivity index (χ3v) is 5.48. The average molecular weight is 330 g/mol. The number of carboxylic acids is 1. The molecule has 1 aromatic heterocycles. The summed E-state index contributed by atoms with van der Waals surface area (Å²) in [5.74, 6) is -1.67. The molecule has 0 bridgehead atoms. The number of carboxylic acid groups (broad SMARTS) is 1. The second-order valence-electron chi connectivity index (χ2n) is 5.66. The van der Waals surface area contributed by atoms with Gasteiger partial charge in [0.2, 0.25) is 0 Å². The number of hydrogen-bond donors (Lipinski definition) is 1. The van der Waals surface area contributed by atoms with E-state index in [1.54, 1.807) is 12.1 Å². The van der Waals surface area contributed by atoms with Gasteiger partial charge in [-0.3, -0.25) is 0 Å². The average Bonchev–Trinajstić information content (AvgIpc) is 3.12. The van der Waals surface area contributed by atoms with E-state index in [2.05, 4.69) is 0 Å². The van der Waals surface area contributed by atoms with Crippen molar-refractivity contribution in [3.05, 3.63) is 58.0 Å². The molecule has 23 heavy (non-hydrogen) atoms. The predicted molar refractivity (Wildman–Crippen MR) is 86.2 cm³/mol. The molecule has 3 aromatic rings. The summed E-state index contributed by atoms with van der Waals surface area (Å²) in [5, 5.41) is 10.2. The van der Waals surface area contributed by atoms with Gasteiger partial charge >= 0.3 is 5.97 Å². The van der Waals surface area contributed by atoms with Gasteiger partial charge in [0.05, 0.1) is 0 Å². The van der Waals surface area contributed by atoms with Gasteiger partial charge in [0, 0.05) is 15.6 Å². The van der Waals surface area contributed by atoms with Crippen LogP contribution in [-0.2, 0) is 12.8 Å². The van der Waals surface area contributed by atoms with Crippen molar-refractivity contribution in [2.75, 3.05) is 0 Å². The van der Waals surface area contributed by atoms with Crippen molar-refractivity contribution in [2.45, 2.75) is 19.3 Å². The van der Waals surface area contributed by atoms with Crippen LogP contribution in [0.25, 0.3) is 21.2 Å². The van der Waals surface area contributed by atoms with Crippen molar-refractivity contribution in [2.24, 2.45) is 0 Å². The van der Waals surface area contributed by atoms with E-state index >= 15 is 0 Å². The normalized spacial score (nSPS) is 13.5. The number of fused-ring (bicyclic) bond motifs is 2. The van der Waals surface area contributed by atoms with E-state index < -0.39 is 11.8 Å². The Balaban J connectivity index is 2.08. The van der Waals surface area contributed by atoms with Crippen LogP contribution in [0.1, 0.15) is 27.2 Å². The Labute approximate surface area is 135 Å². The van der Waals surface area contributed by atoms with E-state index in [4.69, 9.17) is 0 Å². The van der Waals surface area contributed by atoms with E-state index in [1.165, 1.54) is 18.2 Å². The van der Waals surface area contributed by atoms with Crippen LogP contribution >= 0.6 is 11.3 Å². The molecule has 0 amide bonds. The summed E-state index contributed by atoms with van der Waals surface area (Å²) < 4.78 is 28.0. The Morgan fingerprint density at radius 3 is 2.65 bits per heavy atom. The Bertz CT molecular complexity index is 959. The lowest BCUT2D eigenvalue weighted by Gasteiger charge is -2.10. The van der Waals surface area contributed by atoms with E-state index in [9.17, 15) is 18.7 Å². The maximum Gasteiger partial charge on any atom is 0.346 e. The molecule has 0 spiro atoms. The molecule has 5 heteroatoms. The molecular weight excluding hydrogens is 318 g/mol. The molecule has 0 atom stereocenters. The zero-order chi connectivity index (χ0) is 16.1. The van der Waals surface area contributed by atoms with Gasteiger partial charge in [-0.25, -0.2) is 13.6 Å². The number of rotatable bonds is 2. The molecule has 2 aromatic carbocycles. The van der Waals surface area contributed by atoms with Crippen LogP contribution in [0, 0.1) is 11.6 Å². The second kappa shape index (κ2) is 5.13. The molecule has 1 aliphatic rings. The first-order valence-electron chi connectivity index (χ1n) is 7.32. The first-order valence-corrected chi connectivity index (χ1v) is 8.14. The van der Waals surface area contributed by atoms with E-state index in [0.29, 0.717) is 27.6 Å². The zero-order valence-corrected chi connectivity index (χ0v) is 12.8. The summed E-state index contributed by atoms with van der Waals surface area (Å²) in [6, 6.07) is 7.33. The highest BCUT2D eigenvalue weighted by Crippen LogP contribution is 2.43. The maximum atomic E-state index is 14.0. The summed E-state index contributed by atoms with van der Waals surface area (Å²) in [7, 11) is 0. The molecule has 0 fully saturated rings. The van der Waals surface area contributed by atoms with Crippen molar-refractivity contribution < 1.29 is 18.7 Å². The Hall–Kier alpha value is -2.27. The third kappa shape index (κ3) is 2.15. The monoisotopic (exact) mass is 330 g/mol. The van der Waals surface area contributed by atoms with Crippen LogP contribution in [0.5, 0.6) is 0 Å². The molecule has 0 saturated heterocycles. The number of thiophene rings is 1. The molecule has 0 saturated carbocycles. The molecule has 0 unspecified atom stereocenters. The van der Waals surface area contributed by atoms with Crippen LogP contribution in [0.15, 0.2) is 30.3 Å². The highest BCUT2D eigenvalue weighted by atomic mass is 32.1. The molecule has 116 valence electrons. The predicted octanol–water partition coefficient (Wildman–Crippen LogP) is 5.03. The molecule has 2 nitrogen and oxygen atoms in total. The van der Waals surface area contributed by atoms with Gasteiger partial charge in [0.15, 0.2) is 0 Å². The highest BCUT2D eigenvalue weighted by Gasteiger charge is 2.25. The lowest BCUT2D eigenvalue weighted by Crippen LogP contribution is -1.98. The summed E-state index contributed by atoms with van der Waals surface area (Å²) in [6.07, 6.45) is 2.27. The molecule has 4 rings (SSSR count). The van der Waals surface area contributed by atoms with Crippen molar-refractivity contribution in [3.8, 4) is 11.1 Å². The van der Waals surface area contributed by atoms with Gasteiger partial charge < -0.3 is 5.11 Å². The topological polar surface area (TPSA) is 37.3 Å². The lowest BCUT2D eigenvalue weighted by molar-refractivity contribution is 0.0703. The van der Waals surface area contributed by atoms with Gasteiger partial charge in [0.25, 0.3) is 0 Å². The number of benzene rings is 2. The number of hydrogen-bond acceptors (Lipinski definition) is 2. The van der Waals surface area contributed by atoms with E-state index in [-0.39, 0.29) is 10.7 Å². The first-order chi connectivity index (χ1) is 11.1. The standard InChI is InChI=1S/C18H12F2O2S/c19-9-4-5-13-15(8-9)23-17(18(21)22)16(13)12-6-7-14(20)11-3-1-2-10(11)12/h4-8H,1-3H2,(H,21,22). The van der Waals surface area contributed by atoms with Crippen molar-refractivity contribution in [1.29, 1.82) is 0 Å². The molecule has 0 radical (unpaired) electrons. The molecule has 1 aliphatic carbocycles. The summed E-state index contributed by atoms with van der Waals surface area (Å²) in [6.45, 7) is 0. The van der Waals surface area contributed by atoms with Crippen LogP contribution < -0.4 is 0 Å². The van der Waals surface area contributed by atoms with Gasteiger partial charge in [-0.05, 0) is 60.2 Å². The van der Waals surface area contributed by atoms with Crippen LogP contribution in [0.4, 0.5) is 8.78 Å². The minimum atomic E-state index is -1.04. The van der Waals surface area contributed by atoms with Crippen molar-refractivity contribution in [1.82, 2.24) is 0 Å². The molecule has 0 aliphatic heterocycles. The quantitative estimate of drug-likeness (QED) is 0.715. The molecular formula is C18H12F2O2S. The minimum Gasteiger partial charge on any atom is -0.477 e. The van der Waals surface area contributed by atoms with Gasteiger partial charge in [0.1, 0.15) is 16.5 Å². The van der Waals surface area contributed by atoms with Crippen molar-refractivity contribution in [3.63, 3.8) is 0 Å². The fourth-order valence-electron chi connectivity index (χ4n) is 3.38. The fourth-order valence-corrected chi connectivity index (χ4v) is 4.47. The first kappa shape index (κ1) is 14.3. The summed E-state index contributed by atoms with van der Waals surface area (Å²) in [5.41, 5.74) is 2.90. The van der Waals surface area contributed by atoms with Gasteiger partial charge in [-0.15, -0.1) is 11.3 Å². The van der Waals surface area contributed by atoms with Crippen LogP contribution in [-0.4, -0.2) is 11.1 Å². The maximum absolute atomic E-state index is 14.0. The van der Waals surface area contributed by atoms with Gasteiger partial charge in [-0.1, -0.05) is 6.07 Å². The Morgan fingerprint density at radius 1 is 1.09 bits per heavy atom. The van der Waals surface area contributed by atoms with E-state index in [0.717, 1.165) is 35.3 Å². The van der Waals surface area contributed by atoms with Crippen molar-refractivity contribution >= 4 is 27.4 Å². The van der Waals surface area contributed by atoms with Crippen LogP contribution in [0.3, 0.4) is 0 Å². The molecule has 1 heterocycles. The Kier molecular flexibility index (Phi) is 3.20.